The number of pyridine rings is 1. The van der Waals surface area contributed by atoms with Crippen LogP contribution in [-0.2, 0) is 4.79 Å². The topological polar surface area (TPSA) is 33.2 Å². The smallest absolute Gasteiger partial charge is 0.268 e. The number of amides is 1. The molecule has 13 heavy (non-hydrogen) atoms. The van der Waals surface area contributed by atoms with Crippen molar-refractivity contribution in [3.05, 3.63) is 36.1 Å². The van der Waals surface area contributed by atoms with Crippen LogP contribution in [0.1, 0.15) is 0 Å². The lowest BCUT2D eigenvalue weighted by molar-refractivity contribution is -0.114. The van der Waals surface area contributed by atoms with E-state index in [0.29, 0.717) is 0 Å². The van der Waals surface area contributed by atoms with E-state index in [0.717, 1.165) is 5.69 Å². The van der Waals surface area contributed by atoms with Crippen molar-refractivity contribution in [3.8, 4) is 0 Å². The fraction of sp³-hybridized carbons (Fsp3) is 0.111. The molecule has 1 amide bonds. The van der Waals surface area contributed by atoms with Crippen LogP contribution in [0.15, 0.2) is 36.1 Å². The molecule has 1 heterocycles. The second-order valence-electron chi connectivity index (χ2n) is 2.47. The van der Waals surface area contributed by atoms with E-state index in [1.54, 1.807) is 31.6 Å². The zero-order valence-corrected chi connectivity index (χ0v) is 7.95. The van der Waals surface area contributed by atoms with Crippen LogP contribution in [0.25, 0.3) is 0 Å². The van der Waals surface area contributed by atoms with Crippen molar-refractivity contribution < 1.29 is 4.79 Å². The Morgan fingerprint density at radius 1 is 1.54 bits per heavy atom. The van der Waals surface area contributed by atoms with Gasteiger partial charge in [0.25, 0.3) is 5.91 Å². The highest BCUT2D eigenvalue weighted by molar-refractivity contribution is 6.43. The van der Waals surface area contributed by atoms with Gasteiger partial charge in [-0.15, -0.1) is 0 Å². The molecule has 0 bridgehead atoms. The van der Waals surface area contributed by atoms with Gasteiger partial charge >= 0.3 is 0 Å². The van der Waals surface area contributed by atoms with Gasteiger partial charge in [0.15, 0.2) is 0 Å². The summed E-state index contributed by atoms with van der Waals surface area (Å²) < 4.78 is 0. The minimum absolute atomic E-state index is 0.000637. The van der Waals surface area contributed by atoms with Crippen molar-refractivity contribution in [2.45, 2.75) is 0 Å². The Kier molecular flexibility index (Phi) is 3.03. The number of carbonyl (C=O) groups is 1. The van der Waals surface area contributed by atoms with Gasteiger partial charge in [-0.05, 0) is 12.1 Å². The molecule has 0 fully saturated rings. The summed E-state index contributed by atoms with van der Waals surface area (Å²) in [5.41, 5.74) is 0.738. The van der Waals surface area contributed by atoms with Crippen LogP contribution in [0.2, 0.25) is 0 Å². The first-order valence-electron chi connectivity index (χ1n) is 3.65. The molecule has 3 nitrogen and oxygen atoms in total. The number of hydrogen-bond acceptors (Lipinski definition) is 2. The standard InChI is InChI=1S/C9H9ClN2O/c1-7(10)9(13)12(2)8-3-5-11-6-4-8/h3-6H,1H2,2H3. The van der Waals surface area contributed by atoms with Gasteiger partial charge in [0.05, 0.1) is 5.03 Å². The molecule has 0 aromatic carbocycles. The summed E-state index contributed by atoms with van der Waals surface area (Å²) in [5, 5.41) is -0.000637. The molecule has 0 saturated carbocycles. The van der Waals surface area contributed by atoms with Gasteiger partial charge in [0.2, 0.25) is 0 Å². The maximum atomic E-state index is 11.3. The molecule has 0 saturated heterocycles. The first-order valence-corrected chi connectivity index (χ1v) is 4.03. The number of anilines is 1. The van der Waals surface area contributed by atoms with Crippen LogP contribution in [0.4, 0.5) is 5.69 Å². The molecule has 0 aliphatic carbocycles. The zero-order valence-electron chi connectivity index (χ0n) is 7.20. The number of nitrogens with zero attached hydrogens (tertiary/aromatic N) is 2. The zero-order chi connectivity index (χ0) is 9.84. The lowest BCUT2D eigenvalue weighted by Gasteiger charge is -2.15. The lowest BCUT2D eigenvalue weighted by Crippen LogP contribution is -2.25. The SMILES string of the molecule is C=C(Cl)C(=O)N(C)c1ccncc1. The summed E-state index contributed by atoms with van der Waals surface area (Å²) in [6.45, 7) is 3.36. The van der Waals surface area contributed by atoms with Crippen molar-refractivity contribution in [2.24, 2.45) is 0 Å². The average Bonchev–Trinajstić information content (AvgIpc) is 2.17. The van der Waals surface area contributed by atoms with Crippen LogP contribution in [0.3, 0.4) is 0 Å². The third-order valence-electron chi connectivity index (χ3n) is 1.59. The molecule has 0 spiro atoms. The number of halogens is 1. The number of carbonyl (C=O) groups excluding carboxylic acids is 1. The maximum absolute atomic E-state index is 11.3. The third-order valence-corrected chi connectivity index (χ3v) is 1.75. The molecule has 0 atom stereocenters. The highest BCUT2D eigenvalue weighted by Crippen LogP contribution is 2.13. The molecule has 0 aliphatic rings. The van der Waals surface area contributed by atoms with E-state index in [9.17, 15) is 4.79 Å². The summed E-state index contributed by atoms with van der Waals surface area (Å²) in [4.78, 5) is 16.6. The Morgan fingerprint density at radius 3 is 2.54 bits per heavy atom. The Bertz CT molecular complexity index is 324. The third kappa shape index (κ3) is 2.29. The van der Waals surface area contributed by atoms with Crippen molar-refractivity contribution in [2.75, 3.05) is 11.9 Å². The van der Waals surface area contributed by atoms with Crippen molar-refractivity contribution in [1.29, 1.82) is 0 Å². The second kappa shape index (κ2) is 4.05. The van der Waals surface area contributed by atoms with E-state index in [1.807, 2.05) is 0 Å². The van der Waals surface area contributed by atoms with Crippen LogP contribution < -0.4 is 4.90 Å². The molecular formula is C9H9ClN2O. The number of likely N-dealkylation sites (N-methyl/N-ethyl adjacent to an activating group) is 1. The minimum Gasteiger partial charge on any atom is -0.311 e. The average molecular weight is 197 g/mol. The summed E-state index contributed by atoms with van der Waals surface area (Å²) in [7, 11) is 1.63. The van der Waals surface area contributed by atoms with E-state index < -0.39 is 0 Å². The predicted octanol–water partition coefficient (Wildman–Crippen LogP) is 1.80. The highest BCUT2D eigenvalue weighted by atomic mass is 35.5. The fourth-order valence-corrected chi connectivity index (χ4v) is 0.994. The molecule has 0 unspecified atom stereocenters. The van der Waals surface area contributed by atoms with Crippen LogP contribution in [-0.4, -0.2) is 17.9 Å². The molecule has 1 rings (SSSR count). The molecule has 68 valence electrons. The van der Waals surface area contributed by atoms with E-state index in [4.69, 9.17) is 11.6 Å². The van der Waals surface area contributed by atoms with E-state index in [1.165, 1.54) is 4.90 Å². The van der Waals surface area contributed by atoms with Crippen LogP contribution >= 0.6 is 11.6 Å². The van der Waals surface area contributed by atoms with E-state index >= 15 is 0 Å². The Hall–Kier alpha value is -1.35. The molecule has 0 N–H and O–H groups in total. The number of rotatable bonds is 2. The van der Waals surface area contributed by atoms with Gasteiger partial charge in [-0.25, -0.2) is 0 Å². The second-order valence-corrected chi connectivity index (χ2v) is 2.93. The molecule has 0 radical (unpaired) electrons. The van der Waals surface area contributed by atoms with Gasteiger partial charge < -0.3 is 4.90 Å². The highest BCUT2D eigenvalue weighted by Gasteiger charge is 2.11. The normalized spacial score (nSPS) is 9.38. The maximum Gasteiger partial charge on any atom is 0.268 e. The van der Waals surface area contributed by atoms with E-state index in [2.05, 4.69) is 11.6 Å². The first-order chi connectivity index (χ1) is 6.13. The van der Waals surface area contributed by atoms with E-state index in [-0.39, 0.29) is 10.9 Å². The molecule has 1 aromatic rings. The summed E-state index contributed by atoms with van der Waals surface area (Å²) in [6, 6.07) is 3.44. The Labute approximate surface area is 81.6 Å². The Morgan fingerprint density at radius 2 is 2.08 bits per heavy atom. The van der Waals surface area contributed by atoms with Gasteiger partial charge in [-0.1, -0.05) is 18.2 Å². The monoisotopic (exact) mass is 196 g/mol. The largest absolute Gasteiger partial charge is 0.311 e. The fourth-order valence-electron chi connectivity index (χ4n) is 0.867. The van der Waals surface area contributed by atoms with Crippen LogP contribution in [0.5, 0.6) is 0 Å². The number of hydrogen-bond donors (Lipinski definition) is 0. The molecule has 1 aromatic heterocycles. The summed E-state index contributed by atoms with van der Waals surface area (Å²) in [6.07, 6.45) is 3.21. The van der Waals surface area contributed by atoms with Gasteiger partial charge in [-0.3, -0.25) is 9.78 Å². The van der Waals surface area contributed by atoms with Crippen LogP contribution in [0, 0.1) is 0 Å². The van der Waals surface area contributed by atoms with Crippen molar-refractivity contribution in [3.63, 3.8) is 0 Å². The molecular weight excluding hydrogens is 188 g/mol. The minimum atomic E-state index is -0.312. The Balaban J connectivity index is 2.86. The first kappa shape index (κ1) is 9.74. The van der Waals surface area contributed by atoms with Crippen molar-refractivity contribution in [1.82, 2.24) is 4.98 Å². The predicted molar refractivity (Wildman–Crippen MR) is 52.6 cm³/mol. The lowest BCUT2D eigenvalue weighted by atomic mass is 10.3. The van der Waals surface area contributed by atoms with Crippen molar-refractivity contribution >= 4 is 23.2 Å². The summed E-state index contributed by atoms with van der Waals surface area (Å²) in [5.74, 6) is -0.312. The van der Waals surface area contributed by atoms with Gasteiger partial charge in [0.1, 0.15) is 0 Å². The number of aromatic nitrogens is 1. The van der Waals surface area contributed by atoms with Gasteiger partial charge in [-0.2, -0.15) is 0 Å². The summed E-state index contributed by atoms with van der Waals surface area (Å²) >= 11 is 5.47. The quantitative estimate of drug-likeness (QED) is 0.676. The van der Waals surface area contributed by atoms with Gasteiger partial charge in [0, 0.05) is 25.1 Å². The molecule has 0 aliphatic heterocycles. The molecule has 4 heteroatoms.